The molecule has 0 spiro atoms. The van der Waals surface area contributed by atoms with Crippen LogP contribution in [0.4, 0.5) is 5.69 Å². The van der Waals surface area contributed by atoms with E-state index in [1.807, 2.05) is 13.0 Å². The van der Waals surface area contributed by atoms with Crippen LogP contribution in [0, 0.1) is 12.8 Å². The van der Waals surface area contributed by atoms with E-state index in [9.17, 15) is 10.2 Å². The number of nitrogens with zero attached hydrogens (tertiary/aromatic N) is 1. The van der Waals surface area contributed by atoms with Crippen LogP contribution in [-0.2, 0) is 6.61 Å². The third-order valence-electron chi connectivity index (χ3n) is 3.52. The summed E-state index contributed by atoms with van der Waals surface area (Å²) in [7, 11) is 0. The van der Waals surface area contributed by atoms with Gasteiger partial charge >= 0.3 is 0 Å². The highest BCUT2D eigenvalue weighted by molar-refractivity contribution is 5.55. The van der Waals surface area contributed by atoms with E-state index in [-0.39, 0.29) is 13.2 Å². The Hall–Kier alpha value is -1.06. The predicted octanol–water partition coefficient (Wildman–Crippen LogP) is 1.70. The molecule has 1 aliphatic rings. The third-order valence-corrected chi connectivity index (χ3v) is 3.52. The Labute approximate surface area is 103 Å². The van der Waals surface area contributed by atoms with Gasteiger partial charge in [0, 0.05) is 30.9 Å². The van der Waals surface area contributed by atoms with Gasteiger partial charge in [0.2, 0.25) is 0 Å². The monoisotopic (exact) mass is 235 g/mol. The average Bonchev–Trinajstić information content (AvgIpc) is 2.38. The molecule has 2 rings (SSSR count). The van der Waals surface area contributed by atoms with Gasteiger partial charge in [0.15, 0.2) is 0 Å². The van der Waals surface area contributed by atoms with Crippen LogP contribution in [0.3, 0.4) is 0 Å². The van der Waals surface area contributed by atoms with Crippen molar-refractivity contribution in [2.24, 2.45) is 5.92 Å². The van der Waals surface area contributed by atoms with E-state index < -0.39 is 0 Å². The van der Waals surface area contributed by atoms with E-state index in [1.54, 1.807) is 0 Å². The minimum absolute atomic E-state index is 0.0807. The zero-order chi connectivity index (χ0) is 12.3. The molecule has 1 saturated heterocycles. The van der Waals surface area contributed by atoms with E-state index in [4.69, 9.17) is 0 Å². The molecule has 1 aliphatic heterocycles. The molecule has 0 amide bonds. The maximum atomic E-state index is 9.42. The molecule has 3 heteroatoms. The average molecular weight is 235 g/mol. The van der Waals surface area contributed by atoms with Crippen LogP contribution < -0.4 is 4.90 Å². The second-order valence-electron chi connectivity index (χ2n) is 4.93. The number of rotatable bonds is 3. The molecule has 1 heterocycles. The summed E-state index contributed by atoms with van der Waals surface area (Å²) in [5, 5.41) is 18.7. The lowest BCUT2D eigenvalue weighted by Crippen LogP contribution is -2.37. The zero-order valence-corrected chi connectivity index (χ0v) is 10.4. The molecular weight excluding hydrogens is 214 g/mol. The first-order chi connectivity index (χ1) is 8.24. The number of hydrogen-bond acceptors (Lipinski definition) is 3. The van der Waals surface area contributed by atoms with Gasteiger partial charge in [0.05, 0.1) is 6.61 Å². The number of anilines is 1. The Morgan fingerprint density at radius 2 is 2.18 bits per heavy atom. The largest absolute Gasteiger partial charge is 0.396 e. The zero-order valence-electron chi connectivity index (χ0n) is 10.4. The van der Waals surface area contributed by atoms with Crippen LogP contribution in [0.1, 0.15) is 24.0 Å². The summed E-state index contributed by atoms with van der Waals surface area (Å²) >= 11 is 0. The van der Waals surface area contributed by atoms with E-state index in [2.05, 4.69) is 17.0 Å². The maximum absolute atomic E-state index is 9.42. The van der Waals surface area contributed by atoms with Crippen LogP contribution in [-0.4, -0.2) is 29.9 Å². The molecule has 17 heavy (non-hydrogen) atoms. The fourth-order valence-electron chi connectivity index (χ4n) is 2.58. The Balaban J connectivity index is 2.20. The fourth-order valence-corrected chi connectivity index (χ4v) is 2.58. The molecule has 0 bridgehead atoms. The molecule has 1 aromatic carbocycles. The number of aliphatic hydroxyl groups is 2. The first kappa shape index (κ1) is 12.4. The Kier molecular flexibility index (Phi) is 4.02. The summed E-state index contributed by atoms with van der Waals surface area (Å²) < 4.78 is 0. The van der Waals surface area contributed by atoms with Gasteiger partial charge in [-0.1, -0.05) is 17.7 Å². The van der Waals surface area contributed by atoms with Gasteiger partial charge in [0.25, 0.3) is 0 Å². The minimum atomic E-state index is 0.0807. The van der Waals surface area contributed by atoms with Crippen LogP contribution in [0.15, 0.2) is 18.2 Å². The lowest BCUT2D eigenvalue weighted by atomic mass is 9.97. The van der Waals surface area contributed by atoms with E-state index >= 15 is 0 Å². The molecule has 0 saturated carbocycles. The Morgan fingerprint density at radius 1 is 1.35 bits per heavy atom. The van der Waals surface area contributed by atoms with Gasteiger partial charge in [-0.2, -0.15) is 0 Å². The lowest BCUT2D eigenvalue weighted by molar-refractivity contribution is 0.208. The van der Waals surface area contributed by atoms with Crippen molar-refractivity contribution in [3.05, 3.63) is 29.3 Å². The maximum Gasteiger partial charge on any atom is 0.0702 e. The normalized spacial score (nSPS) is 20.6. The molecule has 1 aromatic rings. The van der Waals surface area contributed by atoms with Crippen molar-refractivity contribution in [3.8, 4) is 0 Å². The van der Waals surface area contributed by atoms with Crippen molar-refractivity contribution >= 4 is 5.69 Å². The molecule has 3 nitrogen and oxygen atoms in total. The fraction of sp³-hybridized carbons (Fsp3) is 0.571. The van der Waals surface area contributed by atoms with Crippen molar-refractivity contribution in [2.75, 3.05) is 24.6 Å². The van der Waals surface area contributed by atoms with Gasteiger partial charge < -0.3 is 15.1 Å². The van der Waals surface area contributed by atoms with Gasteiger partial charge in [-0.3, -0.25) is 0 Å². The molecule has 0 radical (unpaired) electrons. The number of hydrogen-bond donors (Lipinski definition) is 2. The van der Waals surface area contributed by atoms with E-state index in [0.717, 1.165) is 37.2 Å². The summed E-state index contributed by atoms with van der Waals surface area (Å²) in [6, 6.07) is 6.20. The molecule has 0 aromatic heterocycles. The lowest BCUT2D eigenvalue weighted by Gasteiger charge is -2.34. The van der Waals surface area contributed by atoms with Crippen molar-refractivity contribution in [1.29, 1.82) is 0 Å². The second-order valence-corrected chi connectivity index (χ2v) is 4.93. The summed E-state index contributed by atoms with van der Waals surface area (Å²) in [5.74, 6) is 0.372. The van der Waals surface area contributed by atoms with E-state index in [0.29, 0.717) is 5.92 Å². The van der Waals surface area contributed by atoms with Gasteiger partial charge in [-0.05, 0) is 31.7 Å². The third kappa shape index (κ3) is 2.79. The van der Waals surface area contributed by atoms with Gasteiger partial charge in [-0.15, -0.1) is 0 Å². The number of benzene rings is 1. The van der Waals surface area contributed by atoms with Gasteiger partial charge in [0.1, 0.15) is 0 Å². The van der Waals surface area contributed by atoms with E-state index in [1.165, 1.54) is 5.56 Å². The molecule has 1 unspecified atom stereocenters. The van der Waals surface area contributed by atoms with Gasteiger partial charge in [-0.25, -0.2) is 0 Å². The van der Waals surface area contributed by atoms with Crippen molar-refractivity contribution in [1.82, 2.24) is 0 Å². The standard InChI is InChI=1S/C14H21NO2/c1-11-4-5-14(13(7-11)10-17)15-6-2-3-12(8-15)9-16/h4-5,7,12,16-17H,2-3,6,8-10H2,1H3. The number of aryl methyl sites for hydroxylation is 1. The summed E-state index contributed by atoms with van der Waals surface area (Å²) in [5.41, 5.74) is 3.29. The molecule has 1 atom stereocenters. The summed E-state index contributed by atoms with van der Waals surface area (Å²) in [6.07, 6.45) is 2.22. The Bertz CT molecular complexity index is 378. The smallest absolute Gasteiger partial charge is 0.0702 e. The second kappa shape index (κ2) is 5.52. The number of aliphatic hydroxyl groups excluding tert-OH is 2. The molecule has 0 aliphatic carbocycles. The quantitative estimate of drug-likeness (QED) is 0.838. The SMILES string of the molecule is Cc1ccc(N2CCCC(CO)C2)c(CO)c1. The molecule has 94 valence electrons. The topological polar surface area (TPSA) is 43.7 Å². The highest BCUT2D eigenvalue weighted by Crippen LogP contribution is 2.27. The Morgan fingerprint density at radius 3 is 2.88 bits per heavy atom. The highest BCUT2D eigenvalue weighted by atomic mass is 16.3. The van der Waals surface area contributed by atoms with Crippen molar-refractivity contribution < 1.29 is 10.2 Å². The first-order valence-electron chi connectivity index (χ1n) is 6.30. The van der Waals surface area contributed by atoms with Crippen molar-refractivity contribution in [3.63, 3.8) is 0 Å². The summed E-state index contributed by atoms with van der Waals surface area (Å²) in [4.78, 5) is 2.29. The molecule has 2 N–H and O–H groups in total. The van der Waals surface area contributed by atoms with Crippen LogP contribution in [0.2, 0.25) is 0 Å². The minimum Gasteiger partial charge on any atom is -0.396 e. The van der Waals surface area contributed by atoms with Crippen LogP contribution >= 0.6 is 0 Å². The first-order valence-corrected chi connectivity index (χ1v) is 6.30. The van der Waals surface area contributed by atoms with Crippen LogP contribution in [0.5, 0.6) is 0 Å². The predicted molar refractivity (Wildman–Crippen MR) is 69.1 cm³/mol. The number of piperidine rings is 1. The van der Waals surface area contributed by atoms with Crippen LogP contribution in [0.25, 0.3) is 0 Å². The summed E-state index contributed by atoms with van der Waals surface area (Å²) in [6.45, 7) is 4.29. The highest BCUT2D eigenvalue weighted by Gasteiger charge is 2.20. The molecular formula is C14H21NO2. The van der Waals surface area contributed by atoms with Crippen molar-refractivity contribution in [2.45, 2.75) is 26.4 Å². The molecule has 1 fully saturated rings.